The first-order valence-corrected chi connectivity index (χ1v) is 14.0. The van der Waals surface area contributed by atoms with E-state index in [0.717, 1.165) is 39.2 Å². The highest BCUT2D eigenvalue weighted by Gasteiger charge is 2.25. The van der Waals surface area contributed by atoms with Crippen molar-refractivity contribution in [1.82, 2.24) is 14.7 Å². The zero-order valence-corrected chi connectivity index (χ0v) is 23.1. The van der Waals surface area contributed by atoms with Crippen LogP contribution in [0.2, 0.25) is 0 Å². The minimum absolute atomic E-state index is 0.215. The maximum absolute atomic E-state index is 5.93. The fourth-order valence-corrected chi connectivity index (χ4v) is 6.40. The van der Waals surface area contributed by atoms with Gasteiger partial charge in [-0.3, -0.25) is 4.98 Å². The summed E-state index contributed by atoms with van der Waals surface area (Å²) in [6, 6.07) is 6.89. The van der Waals surface area contributed by atoms with Crippen molar-refractivity contribution in [2.45, 2.75) is 90.5 Å². The van der Waals surface area contributed by atoms with Gasteiger partial charge in [-0.15, -0.1) is 0 Å². The van der Waals surface area contributed by atoms with E-state index in [1.165, 1.54) is 74.4 Å². The second kappa shape index (κ2) is 11.3. The predicted octanol–water partition coefficient (Wildman–Crippen LogP) is 8.29. The van der Waals surface area contributed by atoms with Gasteiger partial charge in [-0.05, 0) is 57.7 Å². The average Bonchev–Trinajstić information content (AvgIpc) is 3.46. The van der Waals surface area contributed by atoms with Crippen LogP contribution in [0.5, 0.6) is 5.75 Å². The molecule has 0 N–H and O–H groups in total. The summed E-state index contributed by atoms with van der Waals surface area (Å²) in [4.78, 5) is 4.93. The molecule has 1 saturated carbocycles. The van der Waals surface area contributed by atoms with E-state index in [0.29, 0.717) is 12.5 Å². The first-order chi connectivity index (χ1) is 18.0. The lowest BCUT2D eigenvalue weighted by Crippen LogP contribution is -2.16. The second-order valence-corrected chi connectivity index (χ2v) is 10.8. The normalized spacial score (nSPS) is 16.9. The molecule has 198 valence electrons. The van der Waals surface area contributed by atoms with Gasteiger partial charge < -0.3 is 18.6 Å². The standard InChI is InChI=1S/C31H41N3O3/c1-20(19-35-4)34-28(23-13-11-9-7-6-8-10-12-14-23)15-24-18-32-27-16-26(30-21(2)33-37-22(30)3)29(36-5)17-25(27)31(24)34/h15-18,20,23H,6-14,19H2,1-5H3. The van der Waals surface area contributed by atoms with Gasteiger partial charge in [-0.1, -0.05) is 50.1 Å². The van der Waals surface area contributed by atoms with Crippen LogP contribution in [-0.2, 0) is 4.74 Å². The van der Waals surface area contributed by atoms with Gasteiger partial charge in [0.25, 0.3) is 0 Å². The SMILES string of the molecule is COCC(C)n1c(C2CCCCCCCCC2)cc2cnc3cc(-c4c(C)noc4C)c(OC)cc3c21. The van der Waals surface area contributed by atoms with Crippen LogP contribution in [-0.4, -0.2) is 35.5 Å². The molecule has 3 aromatic heterocycles. The monoisotopic (exact) mass is 503 g/mol. The highest BCUT2D eigenvalue weighted by Crippen LogP contribution is 2.42. The maximum Gasteiger partial charge on any atom is 0.141 e. The number of rotatable bonds is 6. The molecule has 1 unspecified atom stereocenters. The van der Waals surface area contributed by atoms with Crippen molar-refractivity contribution in [1.29, 1.82) is 0 Å². The molecule has 0 aliphatic heterocycles. The van der Waals surface area contributed by atoms with E-state index in [4.69, 9.17) is 19.0 Å². The van der Waals surface area contributed by atoms with Crippen molar-refractivity contribution in [3.63, 3.8) is 0 Å². The lowest BCUT2D eigenvalue weighted by Gasteiger charge is -2.25. The molecule has 1 atom stereocenters. The van der Waals surface area contributed by atoms with Crippen LogP contribution in [0.1, 0.15) is 93.8 Å². The van der Waals surface area contributed by atoms with Crippen molar-refractivity contribution < 1.29 is 14.0 Å². The van der Waals surface area contributed by atoms with E-state index >= 15 is 0 Å². The largest absolute Gasteiger partial charge is 0.496 e. The molecule has 37 heavy (non-hydrogen) atoms. The lowest BCUT2D eigenvalue weighted by molar-refractivity contribution is 0.162. The number of methoxy groups -OCH3 is 2. The Morgan fingerprint density at radius 3 is 2.32 bits per heavy atom. The average molecular weight is 504 g/mol. The minimum Gasteiger partial charge on any atom is -0.496 e. The van der Waals surface area contributed by atoms with Gasteiger partial charge in [0.2, 0.25) is 0 Å². The summed E-state index contributed by atoms with van der Waals surface area (Å²) in [6.45, 7) is 6.85. The van der Waals surface area contributed by atoms with Gasteiger partial charge >= 0.3 is 0 Å². The molecule has 5 rings (SSSR count). The van der Waals surface area contributed by atoms with E-state index < -0.39 is 0 Å². The number of hydrogen-bond acceptors (Lipinski definition) is 5. The number of nitrogens with zero attached hydrogens (tertiary/aromatic N) is 3. The Kier molecular flexibility index (Phi) is 7.84. The van der Waals surface area contributed by atoms with E-state index in [-0.39, 0.29) is 6.04 Å². The zero-order valence-electron chi connectivity index (χ0n) is 23.1. The van der Waals surface area contributed by atoms with E-state index in [1.807, 2.05) is 20.0 Å². The van der Waals surface area contributed by atoms with Crippen LogP contribution in [0.25, 0.3) is 32.9 Å². The molecule has 3 heterocycles. The van der Waals surface area contributed by atoms with Gasteiger partial charge in [0, 0.05) is 35.3 Å². The third-order valence-corrected chi connectivity index (χ3v) is 8.19. The number of ether oxygens (including phenoxy) is 2. The van der Waals surface area contributed by atoms with Crippen molar-refractivity contribution in [3.05, 3.63) is 41.5 Å². The van der Waals surface area contributed by atoms with Crippen LogP contribution in [0, 0.1) is 13.8 Å². The van der Waals surface area contributed by atoms with Crippen LogP contribution < -0.4 is 4.74 Å². The number of pyridine rings is 1. The van der Waals surface area contributed by atoms with Crippen LogP contribution >= 0.6 is 0 Å². The molecule has 0 amide bonds. The Hall–Kier alpha value is -2.86. The molecule has 1 aliphatic carbocycles. The third-order valence-electron chi connectivity index (χ3n) is 8.19. The summed E-state index contributed by atoms with van der Waals surface area (Å²) in [5.41, 5.74) is 6.41. The fourth-order valence-electron chi connectivity index (χ4n) is 6.40. The molecule has 0 radical (unpaired) electrons. The van der Waals surface area contributed by atoms with Gasteiger partial charge in [-0.25, -0.2) is 0 Å². The summed E-state index contributed by atoms with van der Waals surface area (Å²) in [6.07, 6.45) is 14.0. The smallest absolute Gasteiger partial charge is 0.141 e. The second-order valence-electron chi connectivity index (χ2n) is 10.8. The van der Waals surface area contributed by atoms with E-state index in [2.05, 4.69) is 34.8 Å². The molecular weight excluding hydrogens is 462 g/mol. The molecular formula is C31H41N3O3. The number of fused-ring (bicyclic) bond motifs is 3. The number of aromatic nitrogens is 3. The van der Waals surface area contributed by atoms with Crippen molar-refractivity contribution in [2.24, 2.45) is 0 Å². The Balaban J connectivity index is 1.71. The fraction of sp³-hybridized carbons (Fsp3) is 0.548. The first-order valence-electron chi connectivity index (χ1n) is 14.0. The third kappa shape index (κ3) is 5.00. The Bertz CT molecular complexity index is 1340. The van der Waals surface area contributed by atoms with Crippen LogP contribution in [0.4, 0.5) is 0 Å². The van der Waals surface area contributed by atoms with E-state index in [1.54, 1.807) is 14.2 Å². The molecule has 6 heteroatoms. The molecule has 1 fully saturated rings. The summed E-state index contributed by atoms with van der Waals surface area (Å²) >= 11 is 0. The Morgan fingerprint density at radius 1 is 1.00 bits per heavy atom. The summed E-state index contributed by atoms with van der Waals surface area (Å²) < 4.78 is 19.6. The number of benzene rings is 1. The summed E-state index contributed by atoms with van der Waals surface area (Å²) in [5.74, 6) is 2.15. The van der Waals surface area contributed by atoms with E-state index in [9.17, 15) is 0 Å². The Labute approximate surface area is 220 Å². The summed E-state index contributed by atoms with van der Waals surface area (Å²) in [7, 11) is 3.53. The van der Waals surface area contributed by atoms with Crippen LogP contribution in [0.15, 0.2) is 28.9 Å². The predicted molar refractivity (Wildman–Crippen MR) is 150 cm³/mol. The van der Waals surface area contributed by atoms with Crippen molar-refractivity contribution >= 4 is 21.8 Å². The molecule has 0 bridgehead atoms. The van der Waals surface area contributed by atoms with Crippen LogP contribution in [0.3, 0.4) is 0 Å². The first kappa shape index (κ1) is 25.8. The minimum atomic E-state index is 0.215. The quantitative estimate of drug-likeness (QED) is 0.265. The van der Waals surface area contributed by atoms with Crippen molar-refractivity contribution in [3.8, 4) is 16.9 Å². The molecule has 1 aromatic carbocycles. The lowest BCUT2D eigenvalue weighted by atomic mass is 9.89. The molecule has 4 aromatic rings. The molecule has 0 spiro atoms. The highest BCUT2D eigenvalue weighted by atomic mass is 16.5. The van der Waals surface area contributed by atoms with Gasteiger partial charge in [0.1, 0.15) is 11.5 Å². The zero-order chi connectivity index (χ0) is 25.9. The summed E-state index contributed by atoms with van der Waals surface area (Å²) in [5, 5.41) is 6.47. The Morgan fingerprint density at radius 2 is 1.70 bits per heavy atom. The molecule has 0 saturated heterocycles. The highest BCUT2D eigenvalue weighted by molar-refractivity contribution is 6.06. The maximum atomic E-state index is 5.93. The van der Waals surface area contributed by atoms with Gasteiger partial charge in [0.05, 0.1) is 42.0 Å². The van der Waals surface area contributed by atoms with Gasteiger partial charge in [-0.2, -0.15) is 0 Å². The van der Waals surface area contributed by atoms with Gasteiger partial charge in [0.15, 0.2) is 0 Å². The topological polar surface area (TPSA) is 62.3 Å². The van der Waals surface area contributed by atoms with Crippen molar-refractivity contribution in [2.75, 3.05) is 20.8 Å². The number of hydrogen-bond donors (Lipinski definition) is 0. The molecule has 1 aliphatic rings. The molecule has 6 nitrogen and oxygen atoms in total. The number of aryl methyl sites for hydroxylation is 2.